The fraction of sp³-hybridized carbons (Fsp3) is 0.350. The van der Waals surface area contributed by atoms with Crippen LogP contribution in [0.5, 0.6) is 0 Å². The van der Waals surface area contributed by atoms with Crippen LogP contribution in [0.25, 0.3) is 0 Å². The standard InChI is InChI=1S/C20H27N3O.2ClH/c1-3-22(4-2)13-14-23(16-17-9-6-5-7-10-17)20(24)18-11-8-12-19(21)15-18;;/h5-12,15H,3-4,13-14,16,21H2,1-2H3;2*1H. The van der Waals surface area contributed by atoms with Gasteiger partial charge >= 0.3 is 0 Å². The minimum Gasteiger partial charge on any atom is -0.399 e. The summed E-state index contributed by atoms with van der Waals surface area (Å²) in [5.74, 6) is 0.0262. The topological polar surface area (TPSA) is 49.6 Å². The molecule has 26 heavy (non-hydrogen) atoms. The molecule has 0 unspecified atom stereocenters. The normalized spacial score (nSPS) is 9.96. The van der Waals surface area contributed by atoms with Gasteiger partial charge in [-0.15, -0.1) is 24.8 Å². The molecule has 0 saturated heterocycles. The molecule has 0 spiro atoms. The van der Waals surface area contributed by atoms with Crippen molar-refractivity contribution in [2.75, 3.05) is 31.9 Å². The van der Waals surface area contributed by atoms with Crippen LogP contribution in [-0.2, 0) is 6.54 Å². The van der Waals surface area contributed by atoms with Gasteiger partial charge in [-0.3, -0.25) is 4.79 Å². The summed E-state index contributed by atoms with van der Waals surface area (Å²) in [5, 5.41) is 0. The first-order valence-electron chi connectivity index (χ1n) is 8.55. The Hall–Kier alpha value is -1.75. The van der Waals surface area contributed by atoms with E-state index in [1.54, 1.807) is 12.1 Å². The largest absolute Gasteiger partial charge is 0.399 e. The molecule has 2 aromatic rings. The molecule has 1 amide bonds. The zero-order valence-corrected chi connectivity index (χ0v) is 17.1. The van der Waals surface area contributed by atoms with E-state index in [9.17, 15) is 4.79 Å². The summed E-state index contributed by atoms with van der Waals surface area (Å²) in [6.45, 7) is 8.44. The Bertz CT molecular complexity index is 649. The van der Waals surface area contributed by atoms with E-state index in [-0.39, 0.29) is 30.7 Å². The van der Waals surface area contributed by atoms with Gasteiger partial charge in [0.15, 0.2) is 0 Å². The van der Waals surface area contributed by atoms with E-state index in [1.807, 2.05) is 35.2 Å². The Morgan fingerprint density at radius 2 is 1.58 bits per heavy atom. The lowest BCUT2D eigenvalue weighted by atomic mass is 10.1. The average Bonchev–Trinajstić information content (AvgIpc) is 2.62. The number of hydrogen-bond acceptors (Lipinski definition) is 3. The summed E-state index contributed by atoms with van der Waals surface area (Å²) in [7, 11) is 0. The molecule has 0 bridgehead atoms. The highest BCUT2D eigenvalue weighted by Crippen LogP contribution is 2.13. The minimum atomic E-state index is 0. The van der Waals surface area contributed by atoms with Crippen LogP contribution in [0, 0.1) is 0 Å². The Kier molecular flexibility index (Phi) is 11.7. The Balaban J connectivity index is 0.00000312. The van der Waals surface area contributed by atoms with E-state index in [2.05, 4.69) is 30.9 Å². The minimum absolute atomic E-state index is 0. The number of rotatable bonds is 8. The van der Waals surface area contributed by atoms with Crippen molar-refractivity contribution in [1.29, 1.82) is 0 Å². The third kappa shape index (κ3) is 7.24. The van der Waals surface area contributed by atoms with E-state index < -0.39 is 0 Å². The maximum absolute atomic E-state index is 12.9. The molecule has 2 N–H and O–H groups in total. The molecule has 144 valence electrons. The average molecular weight is 398 g/mol. The molecule has 6 heteroatoms. The number of benzene rings is 2. The molecular weight excluding hydrogens is 369 g/mol. The number of halogens is 2. The van der Waals surface area contributed by atoms with Gasteiger partial charge in [0.1, 0.15) is 0 Å². The molecule has 2 rings (SSSR count). The number of nitrogens with zero attached hydrogens (tertiary/aromatic N) is 2. The summed E-state index contributed by atoms with van der Waals surface area (Å²) in [6.07, 6.45) is 0. The fourth-order valence-corrected chi connectivity index (χ4v) is 2.71. The predicted octanol–water partition coefficient (Wildman–Crippen LogP) is 4.10. The summed E-state index contributed by atoms with van der Waals surface area (Å²) in [6, 6.07) is 17.3. The van der Waals surface area contributed by atoms with Crippen LogP contribution < -0.4 is 5.73 Å². The van der Waals surface area contributed by atoms with Crippen molar-refractivity contribution in [3.05, 3.63) is 65.7 Å². The van der Waals surface area contributed by atoms with Crippen LogP contribution in [0.1, 0.15) is 29.8 Å². The molecule has 0 atom stereocenters. The number of likely N-dealkylation sites (N-methyl/N-ethyl adjacent to an activating group) is 1. The second-order valence-electron chi connectivity index (χ2n) is 5.86. The maximum Gasteiger partial charge on any atom is 0.254 e. The molecule has 2 aromatic carbocycles. The van der Waals surface area contributed by atoms with Crippen molar-refractivity contribution in [3.63, 3.8) is 0 Å². The lowest BCUT2D eigenvalue weighted by Gasteiger charge is -2.27. The van der Waals surface area contributed by atoms with Crippen LogP contribution in [-0.4, -0.2) is 41.9 Å². The van der Waals surface area contributed by atoms with Gasteiger partial charge in [-0.2, -0.15) is 0 Å². The third-order valence-corrected chi connectivity index (χ3v) is 4.22. The van der Waals surface area contributed by atoms with E-state index in [1.165, 1.54) is 0 Å². The third-order valence-electron chi connectivity index (χ3n) is 4.22. The summed E-state index contributed by atoms with van der Waals surface area (Å²) in [4.78, 5) is 17.2. The monoisotopic (exact) mass is 397 g/mol. The van der Waals surface area contributed by atoms with Crippen molar-refractivity contribution in [3.8, 4) is 0 Å². The van der Waals surface area contributed by atoms with E-state index in [0.29, 0.717) is 24.3 Å². The molecule has 0 aromatic heterocycles. The Morgan fingerprint density at radius 1 is 0.923 bits per heavy atom. The van der Waals surface area contributed by atoms with Crippen molar-refractivity contribution in [2.45, 2.75) is 20.4 Å². The number of nitrogen functional groups attached to an aromatic ring is 1. The number of nitrogens with two attached hydrogens (primary N) is 1. The highest BCUT2D eigenvalue weighted by atomic mass is 35.5. The van der Waals surface area contributed by atoms with Gasteiger partial charge in [-0.1, -0.05) is 50.2 Å². The molecule has 0 aliphatic rings. The number of carbonyl (C=O) groups excluding carboxylic acids is 1. The number of amides is 1. The molecule has 0 heterocycles. The van der Waals surface area contributed by atoms with Crippen molar-refractivity contribution < 1.29 is 4.79 Å². The maximum atomic E-state index is 12.9. The van der Waals surface area contributed by atoms with Crippen LogP contribution in [0.4, 0.5) is 5.69 Å². The number of anilines is 1. The van der Waals surface area contributed by atoms with Crippen molar-refractivity contribution >= 4 is 36.4 Å². The second-order valence-corrected chi connectivity index (χ2v) is 5.86. The molecule has 0 radical (unpaired) electrons. The first-order valence-corrected chi connectivity index (χ1v) is 8.55. The van der Waals surface area contributed by atoms with Crippen molar-refractivity contribution in [2.24, 2.45) is 0 Å². The number of hydrogen-bond donors (Lipinski definition) is 1. The van der Waals surface area contributed by atoms with E-state index >= 15 is 0 Å². The highest BCUT2D eigenvalue weighted by molar-refractivity contribution is 5.95. The quantitative estimate of drug-likeness (QED) is 0.682. The van der Waals surface area contributed by atoms with Gasteiger partial charge in [0.05, 0.1) is 0 Å². The Morgan fingerprint density at radius 3 is 2.15 bits per heavy atom. The van der Waals surface area contributed by atoms with E-state index in [4.69, 9.17) is 5.73 Å². The predicted molar refractivity (Wildman–Crippen MR) is 114 cm³/mol. The molecular formula is C20H29Cl2N3O. The van der Waals surface area contributed by atoms with Gasteiger partial charge in [0.2, 0.25) is 0 Å². The zero-order chi connectivity index (χ0) is 17.4. The first kappa shape index (κ1) is 24.2. The van der Waals surface area contributed by atoms with Gasteiger partial charge in [0.25, 0.3) is 5.91 Å². The second kappa shape index (κ2) is 12.6. The van der Waals surface area contributed by atoms with Gasteiger partial charge in [0, 0.05) is 30.9 Å². The smallest absolute Gasteiger partial charge is 0.254 e. The van der Waals surface area contributed by atoms with Crippen LogP contribution >= 0.6 is 24.8 Å². The highest BCUT2D eigenvalue weighted by Gasteiger charge is 2.17. The van der Waals surface area contributed by atoms with E-state index in [0.717, 1.165) is 25.2 Å². The lowest BCUT2D eigenvalue weighted by molar-refractivity contribution is 0.0724. The summed E-state index contributed by atoms with van der Waals surface area (Å²) < 4.78 is 0. The summed E-state index contributed by atoms with van der Waals surface area (Å²) in [5.41, 5.74) is 8.23. The SMILES string of the molecule is CCN(CC)CCN(Cc1ccccc1)C(=O)c1cccc(N)c1.Cl.Cl. The van der Waals surface area contributed by atoms with Gasteiger partial charge in [-0.05, 0) is 36.9 Å². The molecule has 0 aliphatic carbocycles. The van der Waals surface area contributed by atoms with Crippen molar-refractivity contribution in [1.82, 2.24) is 9.80 Å². The molecule has 4 nitrogen and oxygen atoms in total. The van der Waals surface area contributed by atoms with Crippen LogP contribution in [0.2, 0.25) is 0 Å². The number of carbonyl (C=O) groups is 1. The molecule has 0 fully saturated rings. The molecule has 0 aliphatic heterocycles. The van der Waals surface area contributed by atoms with Crippen LogP contribution in [0.3, 0.4) is 0 Å². The zero-order valence-electron chi connectivity index (χ0n) is 15.4. The van der Waals surface area contributed by atoms with Crippen LogP contribution in [0.15, 0.2) is 54.6 Å². The molecule has 0 saturated carbocycles. The van der Waals surface area contributed by atoms with Gasteiger partial charge in [-0.25, -0.2) is 0 Å². The lowest BCUT2D eigenvalue weighted by Crippen LogP contribution is -2.38. The Labute approximate surface area is 169 Å². The van der Waals surface area contributed by atoms with Gasteiger partial charge < -0.3 is 15.5 Å². The fourth-order valence-electron chi connectivity index (χ4n) is 2.71. The first-order chi connectivity index (χ1) is 11.6. The summed E-state index contributed by atoms with van der Waals surface area (Å²) >= 11 is 0.